The SMILES string of the molecule is c1ccc(-c2cc(-c3ccc(-n4c5ccccc5c5c6sc(-c7ccccc7)cc6ccc54)cc3)nc(-c3ccccc3)n2)cc1.c1ccc(-c2cc(-c3ccccc3)nc(-c3ccc(-n4c5ccccc5c5c6sc(-c7ccccc7)cc6ccc54)cc3)n2)cc1. The Morgan fingerprint density at radius 3 is 0.891 bits per heavy atom. The van der Waals surface area contributed by atoms with Gasteiger partial charge in [-0.2, -0.15) is 0 Å². The first-order valence-electron chi connectivity index (χ1n) is 30.8. The van der Waals surface area contributed by atoms with Gasteiger partial charge in [0.05, 0.1) is 44.8 Å². The second-order valence-corrected chi connectivity index (χ2v) is 25.0. The van der Waals surface area contributed by atoms with Crippen LogP contribution >= 0.6 is 22.7 Å². The Hall–Kier alpha value is -11.7. The number of thiophene rings is 2. The van der Waals surface area contributed by atoms with E-state index < -0.39 is 0 Å². The molecule has 6 nitrogen and oxygen atoms in total. The fourth-order valence-corrected chi connectivity index (χ4v) is 15.3. The number of nitrogens with zero attached hydrogens (tertiary/aromatic N) is 6. The lowest BCUT2D eigenvalue weighted by Crippen LogP contribution is -1.97. The van der Waals surface area contributed by atoms with Crippen molar-refractivity contribution in [1.82, 2.24) is 29.1 Å². The topological polar surface area (TPSA) is 61.4 Å². The predicted octanol–water partition coefficient (Wildman–Crippen LogP) is 22.9. The lowest BCUT2D eigenvalue weighted by Gasteiger charge is -2.11. The average molecular weight is 1210 g/mol. The van der Waals surface area contributed by atoms with E-state index in [9.17, 15) is 0 Å². The van der Waals surface area contributed by atoms with Crippen LogP contribution in [0.25, 0.3) is 164 Å². The number of fused-ring (bicyclic) bond motifs is 10. The van der Waals surface area contributed by atoms with Crippen molar-refractivity contribution in [2.45, 2.75) is 0 Å². The summed E-state index contributed by atoms with van der Waals surface area (Å²) in [4.78, 5) is 22.6. The first-order chi connectivity index (χ1) is 45.6. The molecule has 432 valence electrons. The zero-order valence-electron chi connectivity index (χ0n) is 49.7. The molecule has 0 saturated heterocycles. The molecule has 18 aromatic rings. The van der Waals surface area contributed by atoms with Gasteiger partial charge in [0.1, 0.15) is 0 Å². The van der Waals surface area contributed by atoms with Crippen molar-refractivity contribution in [3.63, 3.8) is 0 Å². The maximum atomic E-state index is 5.04. The highest BCUT2D eigenvalue weighted by Crippen LogP contribution is 2.45. The maximum absolute atomic E-state index is 5.04. The van der Waals surface area contributed by atoms with Crippen LogP contribution in [0.15, 0.2) is 328 Å². The van der Waals surface area contributed by atoms with Crippen molar-refractivity contribution in [3.05, 3.63) is 328 Å². The predicted molar refractivity (Wildman–Crippen MR) is 387 cm³/mol. The Kier molecular flexibility index (Phi) is 13.8. The highest BCUT2D eigenvalue weighted by atomic mass is 32.1. The molecule has 0 amide bonds. The third-order valence-electron chi connectivity index (χ3n) is 17.3. The molecule has 0 atom stereocenters. The van der Waals surface area contributed by atoms with Crippen molar-refractivity contribution in [1.29, 1.82) is 0 Å². The van der Waals surface area contributed by atoms with Gasteiger partial charge < -0.3 is 9.13 Å². The summed E-state index contributed by atoms with van der Waals surface area (Å²) in [5, 5.41) is 7.70. The van der Waals surface area contributed by atoms with Gasteiger partial charge in [0.25, 0.3) is 0 Å². The molecule has 8 heteroatoms. The average Bonchev–Trinajstić information content (AvgIpc) is 1.58. The van der Waals surface area contributed by atoms with Crippen LogP contribution in [0.4, 0.5) is 0 Å². The maximum Gasteiger partial charge on any atom is 0.160 e. The molecule has 18 rings (SSSR count). The second-order valence-electron chi connectivity index (χ2n) is 22.9. The third kappa shape index (κ3) is 10.0. The zero-order valence-corrected chi connectivity index (χ0v) is 51.3. The van der Waals surface area contributed by atoms with Gasteiger partial charge in [-0.3, -0.25) is 0 Å². The largest absolute Gasteiger partial charge is 0.309 e. The molecule has 0 fully saturated rings. The van der Waals surface area contributed by atoms with Crippen molar-refractivity contribution in [2.75, 3.05) is 0 Å². The molecule has 0 N–H and O–H groups in total. The van der Waals surface area contributed by atoms with Gasteiger partial charge in [0.2, 0.25) is 0 Å². The molecule has 0 aliphatic rings. The molecular weight excluding hydrogens is 1160 g/mol. The van der Waals surface area contributed by atoms with E-state index in [0.717, 1.165) is 73.4 Å². The number of hydrogen-bond donors (Lipinski definition) is 0. The molecule has 0 saturated carbocycles. The third-order valence-corrected chi connectivity index (χ3v) is 19.7. The van der Waals surface area contributed by atoms with E-state index in [2.05, 4.69) is 264 Å². The van der Waals surface area contributed by atoms with E-state index in [1.165, 1.54) is 84.7 Å². The summed E-state index contributed by atoms with van der Waals surface area (Å²) < 4.78 is 7.42. The van der Waals surface area contributed by atoms with E-state index in [-0.39, 0.29) is 0 Å². The summed E-state index contributed by atoms with van der Waals surface area (Å²) >= 11 is 3.75. The fourth-order valence-electron chi connectivity index (χ4n) is 12.8. The minimum Gasteiger partial charge on any atom is -0.309 e. The molecule has 0 aliphatic carbocycles. The molecule has 0 aliphatic heterocycles. The second kappa shape index (κ2) is 23.4. The molecule has 92 heavy (non-hydrogen) atoms. The van der Waals surface area contributed by atoms with Crippen molar-refractivity contribution in [3.8, 4) is 100 Å². The molecule has 0 radical (unpaired) electrons. The van der Waals surface area contributed by atoms with Crippen molar-refractivity contribution < 1.29 is 0 Å². The minimum atomic E-state index is 0.711. The zero-order chi connectivity index (χ0) is 60.9. The van der Waals surface area contributed by atoms with Crippen LogP contribution < -0.4 is 0 Å². The summed E-state index contributed by atoms with van der Waals surface area (Å²) in [7, 11) is 0. The van der Waals surface area contributed by atoms with Gasteiger partial charge >= 0.3 is 0 Å². The van der Waals surface area contributed by atoms with E-state index in [1.54, 1.807) is 0 Å². The van der Waals surface area contributed by atoms with Crippen LogP contribution in [0.3, 0.4) is 0 Å². The van der Waals surface area contributed by atoms with Crippen LogP contribution in [-0.2, 0) is 0 Å². The molecule has 0 bridgehead atoms. The van der Waals surface area contributed by atoms with Crippen LogP contribution in [0.5, 0.6) is 0 Å². The summed E-state index contributed by atoms with van der Waals surface area (Å²) in [6.45, 7) is 0. The Bertz CT molecular complexity index is 5230. The number of hydrogen-bond acceptors (Lipinski definition) is 6. The number of benzene rings is 12. The van der Waals surface area contributed by atoms with E-state index in [1.807, 2.05) is 95.5 Å². The van der Waals surface area contributed by atoms with Crippen LogP contribution in [0.1, 0.15) is 0 Å². The molecule has 0 unspecified atom stereocenters. The first-order valence-corrected chi connectivity index (χ1v) is 32.5. The monoisotopic (exact) mass is 1210 g/mol. The molecular formula is C84H54N6S2. The quantitative estimate of drug-likeness (QED) is 0.137. The normalized spacial score (nSPS) is 11.5. The van der Waals surface area contributed by atoms with Crippen LogP contribution in [-0.4, -0.2) is 29.1 Å². The summed E-state index contributed by atoms with van der Waals surface area (Å²) in [6, 6.07) is 115. The van der Waals surface area contributed by atoms with Crippen LogP contribution in [0, 0.1) is 0 Å². The Labute approximate surface area is 539 Å². The van der Waals surface area contributed by atoms with Crippen molar-refractivity contribution >= 4 is 86.5 Å². The fraction of sp³-hybridized carbons (Fsp3) is 0. The Balaban J connectivity index is 0.000000141. The molecule has 6 heterocycles. The van der Waals surface area contributed by atoms with E-state index in [4.69, 9.17) is 19.9 Å². The number of para-hydroxylation sites is 2. The number of rotatable bonds is 10. The summed E-state index contributed by atoms with van der Waals surface area (Å²) in [5.74, 6) is 1.43. The van der Waals surface area contributed by atoms with Gasteiger partial charge in [-0.05, 0) is 107 Å². The van der Waals surface area contributed by atoms with Crippen LogP contribution in [0.2, 0.25) is 0 Å². The first kappa shape index (κ1) is 54.5. The van der Waals surface area contributed by atoms with E-state index >= 15 is 0 Å². The standard InChI is InChI=1S/2C42H27N3S/c1-4-12-28(13-5-1)35-27-36(44-42(43-35)31-16-8-3-9-17-31)29-20-23-33(24-21-29)45-37-19-11-10-18-34(37)40-38(45)25-22-32-26-39(46-41(32)40)30-14-6-2-7-15-30;1-4-12-28(13-5-1)35-27-36(29-14-6-2-7-15-29)44-42(43-35)31-20-23-33(24-21-31)45-37-19-11-10-18-34(37)40-38(45)25-22-32-26-39(46-41(32)40)30-16-8-3-9-17-30/h2*1-27H. The molecule has 6 aromatic heterocycles. The lowest BCUT2D eigenvalue weighted by molar-refractivity contribution is 1.16. The van der Waals surface area contributed by atoms with E-state index in [0.29, 0.717) is 5.82 Å². The smallest absolute Gasteiger partial charge is 0.160 e. The Morgan fingerprint density at radius 2 is 0.522 bits per heavy atom. The van der Waals surface area contributed by atoms with Gasteiger partial charge in [0, 0.05) is 85.5 Å². The lowest BCUT2D eigenvalue weighted by atomic mass is 10.1. The minimum absolute atomic E-state index is 0.711. The van der Waals surface area contributed by atoms with Gasteiger partial charge in [0.15, 0.2) is 11.6 Å². The molecule has 12 aromatic carbocycles. The number of aromatic nitrogens is 6. The van der Waals surface area contributed by atoms with Gasteiger partial charge in [-0.1, -0.05) is 243 Å². The highest BCUT2D eigenvalue weighted by Gasteiger charge is 2.21. The Morgan fingerprint density at radius 1 is 0.228 bits per heavy atom. The van der Waals surface area contributed by atoms with Gasteiger partial charge in [-0.25, -0.2) is 19.9 Å². The summed E-state index contributed by atoms with van der Waals surface area (Å²) in [6.07, 6.45) is 0. The van der Waals surface area contributed by atoms with Crippen molar-refractivity contribution in [2.24, 2.45) is 0 Å². The summed E-state index contributed by atoms with van der Waals surface area (Å²) in [5.41, 5.74) is 19.4. The van der Waals surface area contributed by atoms with Gasteiger partial charge in [-0.15, -0.1) is 22.7 Å². The highest BCUT2D eigenvalue weighted by molar-refractivity contribution is 7.23. The molecule has 0 spiro atoms.